The van der Waals surface area contributed by atoms with Gasteiger partial charge < -0.3 is 14.2 Å². The van der Waals surface area contributed by atoms with Gasteiger partial charge in [0.25, 0.3) is 10.0 Å². The molecular weight excluding hydrogens is 422 g/mol. The largest absolute Gasteiger partial charge is 0.497 e. The third-order valence-corrected chi connectivity index (χ3v) is 5.99. The van der Waals surface area contributed by atoms with Gasteiger partial charge in [-0.05, 0) is 49.4 Å². The monoisotopic (exact) mass is 441 g/mol. The van der Waals surface area contributed by atoms with Crippen molar-refractivity contribution in [3.05, 3.63) is 53.1 Å². The molecule has 0 amide bonds. The molecule has 0 heterocycles. The Kier molecular flexibility index (Phi) is 7.46. The minimum Gasteiger partial charge on any atom is -0.497 e. The molecule has 2 aromatic rings. The first-order valence-electron chi connectivity index (χ1n) is 8.44. The number of carbonyl (C=O) groups excluding carboxylic acids is 2. The topological polar surface area (TPSA) is 99.2 Å². The van der Waals surface area contributed by atoms with Crippen molar-refractivity contribution in [1.82, 2.24) is 0 Å². The van der Waals surface area contributed by atoms with E-state index in [1.54, 1.807) is 6.92 Å². The summed E-state index contributed by atoms with van der Waals surface area (Å²) in [6.45, 7) is 1.10. The maximum atomic E-state index is 13.2. The van der Waals surface area contributed by atoms with Crippen LogP contribution in [-0.4, -0.2) is 47.7 Å². The summed E-state index contributed by atoms with van der Waals surface area (Å²) in [6.07, 6.45) is 0. The van der Waals surface area contributed by atoms with Gasteiger partial charge in [0.1, 0.15) is 12.3 Å². The van der Waals surface area contributed by atoms with Gasteiger partial charge in [-0.1, -0.05) is 11.6 Å². The summed E-state index contributed by atoms with van der Waals surface area (Å²) in [5.41, 5.74) is 0.0177. The quantitative estimate of drug-likeness (QED) is 0.580. The average molecular weight is 442 g/mol. The molecule has 156 valence electrons. The first-order valence-corrected chi connectivity index (χ1v) is 10.3. The number of anilines is 1. The Bertz CT molecular complexity index is 990. The van der Waals surface area contributed by atoms with Crippen molar-refractivity contribution in [3.63, 3.8) is 0 Å². The van der Waals surface area contributed by atoms with Crippen LogP contribution in [0, 0.1) is 0 Å². The van der Waals surface area contributed by atoms with E-state index in [-0.39, 0.29) is 27.8 Å². The number of methoxy groups -OCH3 is 2. The molecule has 29 heavy (non-hydrogen) atoms. The van der Waals surface area contributed by atoms with Crippen LogP contribution in [0.3, 0.4) is 0 Å². The van der Waals surface area contributed by atoms with Crippen molar-refractivity contribution < 1.29 is 32.2 Å². The maximum absolute atomic E-state index is 13.2. The lowest BCUT2D eigenvalue weighted by atomic mass is 10.2. The van der Waals surface area contributed by atoms with Crippen LogP contribution in [0.2, 0.25) is 5.02 Å². The Balaban J connectivity index is 2.57. The molecule has 0 spiro atoms. The molecule has 0 bridgehead atoms. The summed E-state index contributed by atoms with van der Waals surface area (Å²) >= 11 is 6.02. The van der Waals surface area contributed by atoms with E-state index >= 15 is 0 Å². The number of carbonyl (C=O) groups is 2. The predicted molar refractivity (Wildman–Crippen MR) is 107 cm³/mol. The van der Waals surface area contributed by atoms with Crippen LogP contribution in [0.4, 0.5) is 5.69 Å². The summed E-state index contributed by atoms with van der Waals surface area (Å²) in [5.74, 6) is -1.02. The van der Waals surface area contributed by atoms with Gasteiger partial charge in [-0.2, -0.15) is 0 Å². The van der Waals surface area contributed by atoms with E-state index in [0.29, 0.717) is 5.75 Å². The lowest BCUT2D eigenvalue weighted by molar-refractivity contribution is -0.141. The minimum atomic E-state index is -4.17. The van der Waals surface area contributed by atoms with E-state index in [4.69, 9.17) is 21.1 Å². The van der Waals surface area contributed by atoms with Gasteiger partial charge in [-0.25, -0.2) is 13.2 Å². The van der Waals surface area contributed by atoms with E-state index in [9.17, 15) is 18.0 Å². The Labute approximate surface area is 174 Å². The van der Waals surface area contributed by atoms with Crippen LogP contribution >= 0.6 is 11.6 Å². The zero-order valence-corrected chi connectivity index (χ0v) is 17.6. The van der Waals surface area contributed by atoms with Gasteiger partial charge in [-0.3, -0.25) is 9.10 Å². The highest BCUT2D eigenvalue weighted by atomic mass is 35.5. The molecule has 0 aliphatic rings. The Morgan fingerprint density at radius 2 is 1.72 bits per heavy atom. The highest BCUT2D eigenvalue weighted by Gasteiger charge is 2.29. The van der Waals surface area contributed by atoms with Crippen LogP contribution in [-0.2, 0) is 24.3 Å². The Hall–Kier alpha value is -2.78. The van der Waals surface area contributed by atoms with Crippen LogP contribution in [0.25, 0.3) is 0 Å². The molecule has 8 nitrogen and oxygen atoms in total. The molecule has 0 atom stereocenters. The summed E-state index contributed by atoms with van der Waals surface area (Å²) in [5, 5.41) is 0.0820. The van der Waals surface area contributed by atoms with Crippen molar-refractivity contribution >= 4 is 39.3 Å². The fourth-order valence-corrected chi connectivity index (χ4v) is 4.04. The summed E-state index contributed by atoms with van der Waals surface area (Å²) in [6, 6.07) is 9.65. The maximum Gasteiger partial charge on any atom is 0.339 e. The number of sulfonamides is 1. The highest BCUT2D eigenvalue weighted by molar-refractivity contribution is 7.92. The van der Waals surface area contributed by atoms with Crippen LogP contribution in [0.1, 0.15) is 17.3 Å². The van der Waals surface area contributed by atoms with Crippen molar-refractivity contribution in [2.24, 2.45) is 0 Å². The first-order chi connectivity index (χ1) is 13.7. The van der Waals surface area contributed by atoms with Crippen molar-refractivity contribution in [2.75, 3.05) is 31.7 Å². The number of rotatable bonds is 8. The number of halogens is 1. The predicted octanol–water partition coefficient (Wildman–Crippen LogP) is 2.89. The number of hydrogen-bond donors (Lipinski definition) is 0. The highest BCUT2D eigenvalue weighted by Crippen LogP contribution is 2.29. The zero-order valence-electron chi connectivity index (χ0n) is 16.0. The minimum absolute atomic E-state index is 0.0366. The van der Waals surface area contributed by atoms with Gasteiger partial charge in [-0.15, -0.1) is 0 Å². The van der Waals surface area contributed by atoms with Gasteiger partial charge >= 0.3 is 11.9 Å². The second kappa shape index (κ2) is 9.62. The van der Waals surface area contributed by atoms with Crippen LogP contribution < -0.4 is 9.04 Å². The van der Waals surface area contributed by atoms with E-state index < -0.39 is 28.5 Å². The SMILES string of the molecule is CCOC(=O)CN(c1ccc(Cl)c(C(=O)OC)c1)S(=O)(=O)c1ccc(OC)cc1. The van der Waals surface area contributed by atoms with Gasteiger partial charge in [0, 0.05) is 0 Å². The molecule has 0 saturated heterocycles. The van der Waals surface area contributed by atoms with Crippen LogP contribution in [0.15, 0.2) is 47.4 Å². The van der Waals surface area contributed by atoms with Crippen molar-refractivity contribution in [3.8, 4) is 5.75 Å². The number of nitrogens with zero attached hydrogens (tertiary/aromatic N) is 1. The molecule has 0 aromatic heterocycles. The number of benzene rings is 2. The standard InChI is InChI=1S/C19H20ClNO7S/c1-4-28-18(22)12-21(13-5-10-17(20)16(11-13)19(23)27-3)29(24,25)15-8-6-14(26-2)7-9-15/h5-11H,4,12H2,1-3H3. The third kappa shape index (κ3) is 5.18. The Morgan fingerprint density at radius 1 is 1.07 bits per heavy atom. The number of esters is 2. The van der Waals surface area contributed by atoms with E-state index in [1.807, 2.05) is 0 Å². The van der Waals surface area contributed by atoms with Crippen molar-refractivity contribution in [1.29, 1.82) is 0 Å². The van der Waals surface area contributed by atoms with E-state index in [1.165, 1.54) is 56.7 Å². The second-order valence-corrected chi connectivity index (χ2v) is 7.92. The number of hydrogen-bond acceptors (Lipinski definition) is 7. The summed E-state index contributed by atoms with van der Waals surface area (Å²) in [4.78, 5) is 24.0. The van der Waals surface area contributed by atoms with E-state index in [2.05, 4.69) is 4.74 Å². The molecule has 0 unspecified atom stereocenters. The molecule has 0 aliphatic carbocycles. The normalized spacial score (nSPS) is 10.9. The van der Waals surface area contributed by atoms with E-state index in [0.717, 1.165) is 4.31 Å². The number of ether oxygens (including phenoxy) is 3. The molecule has 0 aliphatic heterocycles. The summed E-state index contributed by atoms with van der Waals surface area (Å²) < 4.78 is 41.9. The lowest BCUT2D eigenvalue weighted by Gasteiger charge is -2.24. The molecule has 0 saturated carbocycles. The lowest BCUT2D eigenvalue weighted by Crippen LogP contribution is -2.36. The molecule has 0 fully saturated rings. The zero-order chi connectivity index (χ0) is 21.6. The fraction of sp³-hybridized carbons (Fsp3) is 0.263. The average Bonchev–Trinajstić information content (AvgIpc) is 2.72. The van der Waals surface area contributed by atoms with Gasteiger partial charge in [0.2, 0.25) is 0 Å². The molecule has 2 aromatic carbocycles. The fourth-order valence-electron chi connectivity index (χ4n) is 2.45. The molecule has 10 heteroatoms. The summed E-state index contributed by atoms with van der Waals surface area (Å²) in [7, 11) is -1.54. The van der Waals surface area contributed by atoms with Gasteiger partial charge in [0.05, 0.1) is 42.0 Å². The first kappa shape index (κ1) is 22.5. The molecular formula is C19H20ClNO7S. The van der Waals surface area contributed by atoms with Gasteiger partial charge in [0.15, 0.2) is 0 Å². The van der Waals surface area contributed by atoms with Crippen molar-refractivity contribution in [2.45, 2.75) is 11.8 Å². The molecule has 0 N–H and O–H groups in total. The Morgan fingerprint density at radius 3 is 2.28 bits per heavy atom. The smallest absolute Gasteiger partial charge is 0.339 e. The second-order valence-electron chi connectivity index (χ2n) is 5.65. The van der Waals surface area contributed by atoms with Crippen LogP contribution in [0.5, 0.6) is 5.75 Å². The molecule has 2 rings (SSSR count). The molecule has 0 radical (unpaired) electrons. The third-order valence-electron chi connectivity index (χ3n) is 3.87.